The van der Waals surface area contributed by atoms with Gasteiger partial charge >= 0.3 is 0 Å². The van der Waals surface area contributed by atoms with E-state index in [1.807, 2.05) is 30.3 Å². The normalized spacial score (nSPS) is 29.7. The van der Waals surface area contributed by atoms with Crippen LogP contribution in [0.2, 0.25) is 0 Å². The van der Waals surface area contributed by atoms with Gasteiger partial charge in [0.1, 0.15) is 11.5 Å². The summed E-state index contributed by atoms with van der Waals surface area (Å²) >= 11 is 0. The molecule has 0 radical (unpaired) electrons. The first-order chi connectivity index (χ1) is 13.4. The summed E-state index contributed by atoms with van der Waals surface area (Å²) in [4.78, 5) is 0. The van der Waals surface area contributed by atoms with Crippen LogP contribution in [0.15, 0.2) is 36.4 Å². The molecule has 3 aliphatic rings. The summed E-state index contributed by atoms with van der Waals surface area (Å²) < 4.78 is 17.3. The van der Waals surface area contributed by atoms with Crippen LogP contribution in [0.4, 0.5) is 5.69 Å². The molecule has 28 heavy (non-hydrogen) atoms. The van der Waals surface area contributed by atoms with Crippen LogP contribution in [-0.2, 0) is 16.1 Å². The van der Waals surface area contributed by atoms with Crippen LogP contribution >= 0.6 is 0 Å². The molecular weight excluding hydrogens is 356 g/mol. The zero-order valence-electron chi connectivity index (χ0n) is 16.4. The Hall–Kier alpha value is -2.28. The van der Waals surface area contributed by atoms with Gasteiger partial charge in [0.15, 0.2) is 0 Å². The predicted octanol–water partition coefficient (Wildman–Crippen LogP) is 2.87. The van der Waals surface area contributed by atoms with Crippen LogP contribution in [0, 0.1) is 5.92 Å². The summed E-state index contributed by atoms with van der Waals surface area (Å²) in [5, 5.41) is 17.5. The molecule has 0 spiro atoms. The van der Waals surface area contributed by atoms with E-state index in [2.05, 4.69) is 30.5 Å². The minimum absolute atomic E-state index is 0.0946. The van der Waals surface area contributed by atoms with Crippen molar-refractivity contribution in [3.05, 3.63) is 53.1 Å². The number of anilines is 1. The Labute approximate surface area is 164 Å². The average molecular weight is 382 g/mol. The summed E-state index contributed by atoms with van der Waals surface area (Å²) in [6.45, 7) is 6.22. The molecule has 148 valence electrons. The Bertz CT molecular complexity index is 906. The molecule has 0 aliphatic carbocycles. The lowest BCUT2D eigenvalue weighted by Crippen LogP contribution is -2.47. The van der Waals surface area contributed by atoms with Gasteiger partial charge in [-0.2, -0.15) is 0 Å². The second-order valence-corrected chi connectivity index (χ2v) is 8.31. The Morgan fingerprint density at radius 2 is 2.07 bits per heavy atom. The van der Waals surface area contributed by atoms with E-state index in [-0.39, 0.29) is 17.4 Å². The molecule has 0 bridgehead atoms. The number of fused-ring (bicyclic) bond motifs is 4. The van der Waals surface area contributed by atoms with Crippen molar-refractivity contribution < 1.29 is 19.3 Å². The van der Waals surface area contributed by atoms with Gasteiger partial charge in [-0.3, -0.25) is 5.32 Å². The van der Waals surface area contributed by atoms with E-state index >= 15 is 0 Å². The number of methoxy groups -OCH3 is 1. The molecule has 3 aliphatic heterocycles. The van der Waals surface area contributed by atoms with E-state index in [4.69, 9.17) is 14.2 Å². The van der Waals surface area contributed by atoms with Crippen molar-refractivity contribution in [3.8, 4) is 11.5 Å². The summed E-state index contributed by atoms with van der Waals surface area (Å²) in [5.41, 5.74) is 3.85. The van der Waals surface area contributed by atoms with Crippen LogP contribution in [0.1, 0.15) is 36.6 Å². The maximum atomic E-state index is 10.8. The molecule has 0 saturated carbocycles. The van der Waals surface area contributed by atoms with Gasteiger partial charge in [-0.05, 0) is 29.8 Å². The molecule has 1 fully saturated rings. The Morgan fingerprint density at radius 3 is 2.82 bits per heavy atom. The molecule has 1 saturated heterocycles. The molecule has 1 unspecified atom stereocenters. The molecule has 3 heterocycles. The maximum absolute atomic E-state index is 10.8. The van der Waals surface area contributed by atoms with Gasteiger partial charge in [0, 0.05) is 29.1 Å². The zero-order chi connectivity index (χ0) is 19.5. The first-order valence-electron chi connectivity index (χ1n) is 9.76. The van der Waals surface area contributed by atoms with E-state index in [0.29, 0.717) is 19.8 Å². The van der Waals surface area contributed by atoms with Crippen molar-refractivity contribution in [1.29, 1.82) is 0 Å². The summed E-state index contributed by atoms with van der Waals surface area (Å²) in [7, 11) is 1.70. The average Bonchev–Trinajstić information content (AvgIpc) is 3.15. The first kappa shape index (κ1) is 17.8. The van der Waals surface area contributed by atoms with Gasteiger partial charge in [-0.25, -0.2) is 0 Å². The number of benzene rings is 2. The minimum atomic E-state index is -1.42. The van der Waals surface area contributed by atoms with Crippen LogP contribution in [0.5, 0.6) is 11.5 Å². The molecule has 0 aromatic heterocycles. The van der Waals surface area contributed by atoms with Crippen LogP contribution in [0.25, 0.3) is 0 Å². The lowest BCUT2D eigenvalue weighted by atomic mass is 9.65. The SMILES string of the molecule is COc1cccc2c1[C@H]1Nc3ccc(C4(O)NCCO4)cc3C(C)(C)[C@H]1CO2. The molecule has 6 nitrogen and oxygen atoms in total. The number of ether oxygens (including phenoxy) is 3. The molecule has 2 aromatic rings. The highest BCUT2D eigenvalue weighted by atomic mass is 16.7. The van der Waals surface area contributed by atoms with Crippen molar-refractivity contribution >= 4 is 5.69 Å². The minimum Gasteiger partial charge on any atom is -0.496 e. The van der Waals surface area contributed by atoms with E-state index in [1.54, 1.807) is 7.11 Å². The lowest BCUT2D eigenvalue weighted by molar-refractivity contribution is -0.194. The van der Waals surface area contributed by atoms with Gasteiger partial charge < -0.3 is 24.6 Å². The fourth-order valence-electron chi connectivity index (χ4n) is 4.85. The molecule has 0 amide bonds. The first-order valence-corrected chi connectivity index (χ1v) is 9.76. The molecule has 6 heteroatoms. The highest BCUT2D eigenvalue weighted by molar-refractivity contribution is 5.63. The Morgan fingerprint density at radius 1 is 1.21 bits per heavy atom. The van der Waals surface area contributed by atoms with Crippen molar-refractivity contribution in [1.82, 2.24) is 5.32 Å². The third kappa shape index (κ3) is 2.45. The van der Waals surface area contributed by atoms with Crippen molar-refractivity contribution in [3.63, 3.8) is 0 Å². The monoisotopic (exact) mass is 382 g/mol. The number of hydrogen-bond donors (Lipinski definition) is 3. The van der Waals surface area contributed by atoms with E-state index < -0.39 is 5.91 Å². The number of hydrogen-bond acceptors (Lipinski definition) is 6. The van der Waals surface area contributed by atoms with E-state index in [1.165, 1.54) is 0 Å². The zero-order valence-corrected chi connectivity index (χ0v) is 16.4. The van der Waals surface area contributed by atoms with Gasteiger partial charge in [-0.15, -0.1) is 0 Å². The maximum Gasteiger partial charge on any atom is 0.253 e. The van der Waals surface area contributed by atoms with E-state index in [9.17, 15) is 5.11 Å². The highest BCUT2D eigenvalue weighted by Gasteiger charge is 2.48. The summed E-state index contributed by atoms with van der Waals surface area (Å²) in [6.07, 6.45) is 0. The summed E-state index contributed by atoms with van der Waals surface area (Å²) in [5.74, 6) is 0.516. The predicted molar refractivity (Wildman–Crippen MR) is 106 cm³/mol. The van der Waals surface area contributed by atoms with Crippen LogP contribution in [-0.4, -0.2) is 32.0 Å². The molecule has 5 rings (SSSR count). The largest absolute Gasteiger partial charge is 0.496 e. The highest BCUT2D eigenvalue weighted by Crippen LogP contribution is 2.54. The molecule has 3 N–H and O–H groups in total. The van der Waals surface area contributed by atoms with Gasteiger partial charge in [0.05, 0.1) is 31.9 Å². The van der Waals surface area contributed by atoms with Gasteiger partial charge in [-0.1, -0.05) is 26.0 Å². The van der Waals surface area contributed by atoms with E-state index in [0.717, 1.165) is 33.9 Å². The third-order valence-electron chi connectivity index (χ3n) is 6.50. The van der Waals surface area contributed by atoms with Crippen LogP contribution in [0.3, 0.4) is 0 Å². The quantitative estimate of drug-likeness (QED) is 0.742. The van der Waals surface area contributed by atoms with Crippen LogP contribution < -0.4 is 20.1 Å². The van der Waals surface area contributed by atoms with Crippen molar-refractivity contribution in [2.75, 3.05) is 32.2 Å². The van der Waals surface area contributed by atoms with Gasteiger partial charge in [0.25, 0.3) is 5.91 Å². The lowest BCUT2D eigenvalue weighted by Gasteiger charge is -2.49. The van der Waals surface area contributed by atoms with Crippen molar-refractivity contribution in [2.45, 2.75) is 31.2 Å². The van der Waals surface area contributed by atoms with Crippen molar-refractivity contribution in [2.24, 2.45) is 5.92 Å². The molecule has 3 atom stereocenters. The topological polar surface area (TPSA) is 72.0 Å². The smallest absolute Gasteiger partial charge is 0.253 e. The standard InChI is InChI=1S/C22H26N2O4/c1-21(2)14-11-13(22(25)23-9-10-28-22)7-8-16(14)24-20-15(21)12-27-18-6-4-5-17(26-3)19(18)20/h4-8,11,15,20,23-25H,9-10,12H2,1-3H3/t15-,20-,22?/m0/s1. The fourth-order valence-corrected chi connectivity index (χ4v) is 4.85. The Kier molecular flexibility index (Phi) is 3.88. The number of rotatable bonds is 2. The number of nitrogens with one attached hydrogen (secondary N) is 2. The molecule has 2 aromatic carbocycles. The fraction of sp³-hybridized carbons (Fsp3) is 0.455. The number of aliphatic hydroxyl groups is 1. The summed E-state index contributed by atoms with van der Waals surface area (Å²) in [6, 6.07) is 12.0. The second kappa shape index (κ2) is 6.11. The van der Waals surface area contributed by atoms with Gasteiger partial charge in [0.2, 0.25) is 0 Å². The Balaban J connectivity index is 1.61. The third-order valence-corrected chi connectivity index (χ3v) is 6.50. The molecular formula is C22H26N2O4. The second-order valence-electron chi connectivity index (χ2n) is 8.31.